The maximum absolute atomic E-state index is 12.1. The zero-order valence-electron chi connectivity index (χ0n) is 16.2. The van der Waals surface area contributed by atoms with Crippen molar-refractivity contribution in [3.63, 3.8) is 0 Å². The number of nitrogens with zero attached hydrogens (tertiary/aromatic N) is 2. The van der Waals surface area contributed by atoms with Gasteiger partial charge in [0.2, 0.25) is 0 Å². The van der Waals surface area contributed by atoms with Crippen molar-refractivity contribution in [2.24, 2.45) is 0 Å². The number of carbonyl (C=O) groups excluding carboxylic acids is 1. The number of thioether (sulfide) groups is 1. The molecule has 0 unspecified atom stereocenters. The lowest BCUT2D eigenvalue weighted by Gasteiger charge is -2.02. The molecule has 7 nitrogen and oxygen atoms in total. The zero-order valence-corrected chi connectivity index (χ0v) is 17.0. The predicted octanol–water partition coefficient (Wildman–Crippen LogP) is 4.64. The fourth-order valence-corrected chi connectivity index (χ4v) is 3.96. The van der Waals surface area contributed by atoms with Gasteiger partial charge in [0, 0.05) is 18.1 Å². The van der Waals surface area contributed by atoms with Crippen molar-refractivity contribution in [1.82, 2.24) is 10.1 Å². The Balaban J connectivity index is 1.16. The number of rotatable bonds is 6. The van der Waals surface area contributed by atoms with Gasteiger partial charge in [-0.25, -0.2) is 4.98 Å². The van der Waals surface area contributed by atoms with Gasteiger partial charge in [-0.15, -0.1) is 0 Å². The van der Waals surface area contributed by atoms with Gasteiger partial charge in [0.15, 0.2) is 11.3 Å². The molecule has 0 amide bonds. The first-order chi connectivity index (χ1) is 14.6. The van der Waals surface area contributed by atoms with Gasteiger partial charge < -0.3 is 18.4 Å². The monoisotopic (exact) mass is 422 g/mol. The van der Waals surface area contributed by atoms with E-state index in [1.54, 1.807) is 6.07 Å². The lowest BCUT2D eigenvalue weighted by molar-refractivity contribution is -0.141. The maximum atomic E-state index is 12.1. The van der Waals surface area contributed by atoms with Gasteiger partial charge in [-0.1, -0.05) is 29.1 Å². The Labute approximate surface area is 176 Å². The summed E-state index contributed by atoms with van der Waals surface area (Å²) in [6, 6.07) is 15.2. The minimum Gasteiger partial charge on any atom is -0.490 e. The molecule has 0 spiro atoms. The molecule has 0 N–H and O–H groups in total. The van der Waals surface area contributed by atoms with Crippen molar-refractivity contribution < 1.29 is 23.2 Å². The van der Waals surface area contributed by atoms with Crippen LogP contribution in [-0.4, -0.2) is 28.0 Å². The van der Waals surface area contributed by atoms with E-state index in [4.69, 9.17) is 18.4 Å². The van der Waals surface area contributed by atoms with Crippen molar-refractivity contribution in [3.05, 3.63) is 59.8 Å². The molecular weight excluding hydrogens is 404 g/mol. The third kappa shape index (κ3) is 3.91. The molecule has 1 aliphatic rings. The van der Waals surface area contributed by atoms with Gasteiger partial charge in [0.05, 0.1) is 0 Å². The molecule has 0 fully saturated rings. The normalized spacial score (nSPS) is 15.2. The van der Waals surface area contributed by atoms with E-state index in [1.165, 1.54) is 11.8 Å². The van der Waals surface area contributed by atoms with E-state index >= 15 is 0 Å². The molecule has 1 atom stereocenters. The summed E-state index contributed by atoms with van der Waals surface area (Å²) in [6.45, 7) is 2.09. The predicted molar refractivity (Wildman–Crippen MR) is 110 cm³/mol. The molecule has 0 radical (unpaired) electrons. The van der Waals surface area contributed by atoms with Gasteiger partial charge >= 0.3 is 5.97 Å². The SMILES string of the molecule is C[C@@H]1Cc2cc(-c3cc(COC(=O)CSc4nc5ccccc5o4)no3)ccc2O1. The smallest absolute Gasteiger partial charge is 0.316 e. The summed E-state index contributed by atoms with van der Waals surface area (Å²) in [7, 11) is 0. The van der Waals surface area contributed by atoms with E-state index in [0.717, 1.165) is 28.8 Å². The van der Waals surface area contributed by atoms with Crippen LogP contribution in [0, 0.1) is 0 Å². The van der Waals surface area contributed by atoms with E-state index in [0.29, 0.717) is 22.3 Å². The standard InChI is InChI=1S/C22H18N2O5S/c1-13-8-15-9-14(6-7-18(15)27-13)20-10-16(24-29-20)11-26-21(25)12-30-22-23-17-4-2-3-5-19(17)28-22/h2-7,9-10,13H,8,11-12H2,1H3/t13-/m1/s1. The first-order valence-corrected chi connectivity index (χ1v) is 10.5. The lowest BCUT2D eigenvalue weighted by atomic mass is 10.1. The lowest BCUT2D eigenvalue weighted by Crippen LogP contribution is -2.07. The summed E-state index contributed by atoms with van der Waals surface area (Å²) in [5.41, 5.74) is 4.08. The van der Waals surface area contributed by atoms with Gasteiger partial charge in [-0.2, -0.15) is 0 Å². The highest BCUT2D eigenvalue weighted by Crippen LogP contribution is 2.33. The number of ether oxygens (including phenoxy) is 2. The molecule has 0 saturated heterocycles. The van der Waals surface area contributed by atoms with Crippen LogP contribution < -0.4 is 4.74 Å². The molecule has 2 aromatic carbocycles. The minimum absolute atomic E-state index is 0.0432. The number of esters is 1. The number of benzene rings is 2. The molecule has 4 aromatic rings. The average molecular weight is 422 g/mol. The largest absolute Gasteiger partial charge is 0.490 e. The Morgan fingerprint density at radius 3 is 3.03 bits per heavy atom. The number of carbonyl (C=O) groups is 1. The van der Waals surface area contributed by atoms with Gasteiger partial charge in [0.25, 0.3) is 5.22 Å². The number of oxazole rings is 1. The minimum atomic E-state index is -0.379. The van der Waals surface area contributed by atoms with Crippen LogP contribution in [0.15, 0.2) is 62.7 Å². The first kappa shape index (κ1) is 18.7. The Morgan fingerprint density at radius 2 is 2.13 bits per heavy atom. The summed E-state index contributed by atoms with van der Waals surface area (Å²) in [5.74, 6) is 1.26. The average Bonchev–Trinajstić information content (AvgIpc) is 3.46. The molecule has 0 bridgehead atoms. The number of hydrogen-bond acceptors (Lipinski definition) is 8. The van der Waals surface area contributed by atoms with Crippen LogP contribution in [0.4, 0.5) is 0 Å². The van der Waals surface area contributed by atoms with Gasteiger partial charge in [-0.05, 0) is 42.8 Å². The first-order valence-electron chi connectivity index (χ1n) is 9.53. The Morgan fingerprint density at radius 1 is 1.23 bits per heavy atom. The zero-order chi connectivity index (χ0) is 20.5. The molecule has 5 rings (SSSR count). The van der Waals surface area contributed by atoms with Crippen LogP contribution in [0.2, 0.25) is 0 Å². The highest BCUT2D eigenvalue weighted by molar-refractivity contribution is 7.99. The van der Waals surface area contributed by atoms with Crippen molar-refractivity contribution in [1.29, 1.82) is 0 Å². The quantitative estimate of drug-likeness (QED) is 0.328. The van der Waals surface area contributed by atoms with Crippen LogP contribution in [0.25, 0.3) is 22.4 Å². The fourth-order valence-electron chi connectivity index (χ4n) is 3.32. The Kier molecular flexibility index (Phi) is 4.92. The van der Waals surface area contributed by atoms with Crippen molar-refractivity contribution in [2.45, 2.75) is 31.3 Å². The summed E-state index contributed by atoms with van der Waals surface area (Å²) in [6.07, 6.45) is 1.06. The van der Waals surface area contributed by atoms with E-state index in [2.05, 4.69) is 10.1 Å². The highest BCUT2D eigenvalue weighted by atomic mass is 32.2. The van der Waals surface area contributed by atoms with Crippen LogP contribution >= 0.6 is 11.8 Å². The van der Waals surface area contributed by atoms with E-state index in [9.17, 15) is 4.79 Å². The van der Waals surface area contributed by atoms with Gasteiger partial charge in [0.1, 0.15) is 35.4 Å². The van der Waals surface area contributed by atoms with Crippen LogP contribution in [0.1, 0.15) is 18.2 Å². The van der Waals surface area contributed by atoms with E-state index < -0.39 is 0 Å². The van der Waals surface area contributed by atoms with Crippen LogP contribution in [0.3, 0.4) is 0 Å². The molecule has 0 aliphatic carbocycles. The van der Waals surface area contributed by atoms with Crippen LogP contribution in [-0.2, 0) is 22.6 Å². The van der Waals surface area contributed by atoms with Crippen molar-refractivity contribution in [3.8, 4) is 17.1 Å². The molecule has 0 saturated carbocycles. The third-order valence-electron chi connectivity index (χ3n) is 4.71. The second kappa shape index (κ2) is 7.87. The molecule has 152 valence electrons. The Hall–Kier alpha value is -3.26. The van der Waals surface area contributed by atoms with Gasteiger partial charge in [-0.3, -0.25) is 4.79 Å². The number of para-hydroxylation sites is 2. The number of hydrogen-bond donors (Lipinski definition) is 0. The molecule has 8 heteroatoms. The molecule has 30 heavy (non-hydrogen) atoms. The maximum Gasteiger partial charge on any atom is 0.316 e. The molecule has 1 aliphatic heterocycles. The number of fused-ring (bicyclic) bond motifs is 2. The number of aromatic nitrogens is 2. The van der Waals surface area contributed by atoms with Crippen molar-refractivity contribution >= 4 is 28.8 Å². The topological polar surface area (TPSA) is 87.6 Å². The van der Waals surface area contributed by atoms with Crippen LogP contribution in [0.5, 0.6) is 5.75 Å². The fraction of sp³-hybridized carbons (Fsp3) is 0.227. The highest BCUT2D eigenvalue weighted by Gasteiger charge is 2.20. The summed E-state index contributed by atoms with van der Waals surface area (Å²) in [4.78, 5) is 16.4. The molecule has 2 aromatic heterocycles. The molecular formula is C22H18N2O5S. The van der Waals surface area contributed by atoms with E-state index in [-0.39, 0.29) is 24.4 Å². The second-order valence-electron chi connectivity index (χ2n) is 7.03. The third-order valence-corrected chi connectivity index (χ3v) is 5.51. The Bertz CT molecular complexity index is 1180. The van der Waals surface area contributed by atoms with E-state index in [1.807, 2.05) is 49.4 Å². The summed E-state index contributed by atoms with van der Waals surface area (Å²) >= 11 is 1.19. The summed E-state index contributed by atoms with van der Waals surface area (Å²) in [5, 5.41) is 4.44. The molecule has 3 heterocycles. The van der Waals surface area contributed by atoms with Crippen molar-refractivity contribution in [2.75, 3.05) is 5.75 Å². The summed E-state index contributed by atoms with van der Waals surface area (Å²) < 4.78 is 22.0. The second-order valence-corrected chi connectivity index (χ2v) is 7.96.